The summed E-state index contributed by atoms with van der Waals surface area (Å²) in [6, 6.07) is 17.2. The Morgan fingerprint density at radius 3 is 1.56 bits per heavy atom. The quantitative estimate of drug-likeness (QED) is 0.109. The van der Waals surface area contributed by atoms with E-state index in [1.165, 1.54) is 0 Å². The predicted molar refractivity (Wildman–Crippen MR) is 187 cm³/mol. The van der Waals surface area contributed by atoms with Crippen LogP contribution in [0.5, 0.6) is 0 Å². The SMILES string of the molecule is CC(C)(C)[O-].Cc1cccc(-c2ncc[nH]2)n1.Cc1cccc(-c2nccn2C)n1.Cc1cccc(C=O)n1.N.O.O.O=CC=O.P.[Na+]. The summed E-state index contributed by atoms with van der Waals surface area (Å²) in [4.78, 5) is 51.7. The Bertz CT molecular complexity index is 1540. The fourth-order valence-electron chi connectivity index (χ4n) is 2.99. The average Bonchev–Trinajstić information content (AvgIpc) is 3.65. The summed E-state index contributed by atoms with van der Waals surface area (Å²) in [6.45, 7) is 10.7. The Labute approximate surface area is 307 Å². The number of hydrogen-bond donors (Lipinski definition) is 2. The summed E-state index contributed by atoms with van der Waals surface area (Å²) in [7, 11) is 1.96. The second-order valence-electron chi connectivity index (χ2n) is 9.83. The Balaban J connectivity index is -0.000000165. The molecule has 0 saturated heterocycles. The standard InChI is InChI=1S/C10H11N3.C9H9N3.C7H7NO.C4H9O.C2H2O2.H3N.Na.2H2O.H3P/c1-8-4-3-5-9(12-8)10-11-6-7-13(10)2;1-7-3-2-4-8(12-7)9-10-5-6-11-9;1-6-3-2-4-7(5-9)8-6;1-4(2,3)5;3-1-2-4;;;;;/h3-7H,1-2H3;2-6H,1H3,(H,10,11);2-5H,1H3;1-3H3;1-2H;1H3;;2*1H2;1H3/q;;;-1;;;+1;;;. The van der Waals surface area contributed by atoms with E-state index in [1.807, 2.05) is 87.1 Å². The van der Waals surface area contributed by atoms with Crippen LogP contribution in [0.3, 0.4) is 0 Å². The van der Waals surface area contributed by atoms with Gasteiger partial charge < -0.3 is 31.8 Å². The van der Waals surface area contributed by atoms with Gasteiger partial charge in [-0.25, -0.2) is 19.9 Å². The molecule has 16 heteroatoms. The topological polar surface area (TPSA) is 257 Å². The van der Waals surface area contributed by atoms with Crippen LogP contribution in [-0.4, -0.2) is 69.9 Å². The molecule has 14 nitrogen and oxygen atoms in total. The summed E-state index contributed by atoms with van der Waals surface area (Å²) in [5, 5.41) is 10.1. The molecule has 0 aliphatic heterocycles. The molecule has 0 fully saturated rings. The molecule has 5 rings (SSSR count). The molecule has 0 radical (unpaired) electrons. The minimum absolute atomic E-state index is 0. The number of H-pyrrole nitrogens is 1. The number of nitrogens with zero attached hydrogens (tertiary/aromatic N) is 6. The smallest absolute Gasteiger partial charge is 0.850 e. The van der Waals surface area contributed by atoms with Crippen LogP contribution in [0.2, 0.25) is 0 Å². The van der Waals surface area contributed by atoms with Crippen LogP contribution in [0.1, 0.15) is 48.3 Å². The van der Waals surface area contributed by atoms with Crippen molar-refractivity contribution in [2.75, 3.05) is 0 Å². The fourth-order valence-corrected chi connectivity index (χ4v) is 2.99. The zero-order valence-corrected chi connectivity index (χ0v) is 32.4. The van der Waals surface area contributed by atoms with Crippen LogP contribution >= 0.6 is 9.90 Å². The van der Waals surface area contributed by atoms with E-state index in [1.54, 1.807) is 45.4 Å². The Hall–Kier alpha value is -3.85. The molecule has 0 aliphatic rings. The number of pyridine rings is 3. The van der Waals surface area contributed by atoms with Crippen molar-refractivity contribution < 1.29 is 60.0 Å². The molecule has 5 aromatic heterocycles. The fraction of sp³-hybridized carbons (Fsp3) is 0.250. The van der Waals surface area contributed by atoms with Crippen molar-refractivity contribution in [1.82, 2.24) is 40.6 Å². The number of aromatic amines is 1. The van der Waals surface area contributed by atoms with Crippen molar-refractivity contribution in [2.24, 2.45) is 7.05 Å². The zero-order valence-electron chi connectivity index (χ0n) is 29.0. The zero-order chi connectivity index (χ0) is 32.3. The van der Waals surface area contributed by atoms with E-state index in [0.717, 1.165) is 46.4 Å². The molecular formula is C32H48N8NaO6P. The Morgan fingerprint density at radius 1 is 0.750 bits per heavy atom. The monoisotopic (exact) mass is 694 g/mol. The van der Waals surface area contributed by atoms with Gasteiger partial charge >= 0.3 is 29.6 Å². The Kier molecular flexibility index (Phi) is 32.7. The number of aryl methyl sites for hydroxylation is 4. The first-order chi connectivity index (χ1) is 20.4. The molecular weight excluding hydrogens is 646 g/mol. The first kappa shape index (κ1) is 53.6. The van der Waals surface area contributed by atoms with Gasteiger partial charge in [0.2, 0.25) is 0 Å². The first-order valence-corrected chi connectivity index (χ1v) is 13.2. The Morgan fingerprint density at radius 2 is 1.21 bits per heavy atom. The number of hydrogen-bond acceptors (Lipinski definition) is 10. The van der Waals surface area contributed by atoms with Crippen molar-refractivity contribution in [3.05, 3.63) is 102 Å². The van der Waals surface area contributed by atoms with Gasteiger partial charge in [-0.05, 0) is 57.2 Å². The molecule has 0 aliphatic carbocycles. The largest absolute Gasteiger partial charge is 1.00 e. The van der Waals surface area contributed by atoms with Crippen LogP contribution in [-0.2, 0) is 16.6 Å². The number of carbonyl (C=O) groups is 3. The van der Waals surface area contributed by atoms with E-state index < -0.39 is 5.60 Å². The first-order valence-electron chi connectivity index (χ1n) is 13.2. The van der Waals surface area contributed by atoms with E-state index in [-0.39, 0.29) is 69.1 Å². The van der Waals surface area contributed by atoms with E-state index >= 15 is 0 Å². The van der Waals surface area contributed by atoms with Gasteiger partial charge in [0.25, 0.3) is 0 Å². The van der Waals surface area contributed by atoms with Gasteiger partial charge in [0.1, 0.15) is 17.1 Å². The van der Waals surface area contributed by atoms with Crippen LogP contribution in [0.15, 0.2) is 79.4 Å². The van der Waals surface area contributed by atoms with Gasteiger partial charge in [0, 0.05) is 48.9 Å². The molecule has 1 unspecified atom stereocenters. The summed E-state index contributed by atoms with van der Waals surface area (Å²) in [6.07, 6.45) is 8.34. The van der Waals surface area contributed by atoms with E-state index in [9.17, 15) is 9.90 Å². The molecule has 8 N–H and O–H groups in total. The second-order valence-corrected chi connectivity index (χ2v) is 9.83. The van der Waals surface area contributed by atoms with E-state index in [4.69, 9.17) is 9.59 Å². The predicted octanol–water partition coefficient (Wildman–Crippen LogP) is -0.123. The van der Waals surface area contributed by atoms with Crippen LogP contribution in [0.25, 0.3) is 23.0 Å². The minimum atomic E-state index is -0.750. The van der Waals surface area contributed by atoms with Gasteiger partial charge in [-0.2, -0.15) is 9.90 Å². The number of rotatable bonds is 4. The minimum Gasteiger partial charge on any atom is -0.850 e. The summed E-state index contributed by atoms with van der Waals surface area (Å²) in [5.41, 5.74) is 4.45. The maximum atomic E-state index is 10.1. The third-order valence-corrected chi connectivity index (χ3v) is 4.65. The van der Waals surface area contributed by atoms with Crippen molar-refractivity contribution in [2.45, 2.75) is 47.1 Å². The number of aromatic nitrogens is 7. The molecule has 5 heterocycles. The van der Waals surface area contributed by atoms with Crippen molar-refractivity contribution in [1.29, 1.82) is 0 Å². The molecule has 48 heavy (non-hydrogen) atoms. The van der Waals surface area contributed by atoms with E-state index in [2.05, 4.69) is 29.9 Å². The summed E-state index contributed by atoms with van der Waals surface area (Å²) in [5.74, 6) is 1.72. The van der Waals surface area contributed by atoms with Gasteiger partial charge in [-0.3, -0.25) is 19.4 Å². The third-order valence-electron chi connectivity index (χ3n) is 4.65. The van der Waals surface area contributed by atoms with Crippen LogP contribution < -0.4 is 40.8 Å². The molecule has 0 amide bonds. The third kappa shape index (κ3) is 24.3. The molecule has 1 atom stereocenters. The van der Waals surface area contributed by atoms with Crippen LogP contribution in [0.4, 0.5) is 0 Å². The van der Waals surface area contributed by atoms with Gasteiger partial charge in [-0.15, -0.1) is 5.60 Å². The number of aldehydes is 3. The molecule has 0 aromatic carbocycles. The van der Waals surface area contributed by atoms with Crippen molar-refractivity contribution in [3.63, 3.8) is 0 Å². The molecule has 5 aromatic rings. The second kappa shape index (κ2) is 29.3. The van der Waals surface area contributed by atoms with Crippen molar-refractivity contribution in [3.8, 4) is 23.0 Å². The molecule has 258 valence electrons. The molecule has 0 saturated carbocycles. The molecule has 0 bridgehead atoms. The average molecular weight is 695 g/mol. The summed E-state index contributed by atoms with van der Waals surface area (Å²) >= 11 is 0. The van der Waals surface area contributed by atoms with Crippen molar-refractivity contribution >= 4 is 28.8 Å². The van der Waals surface area contributed by atoms with Gasteiger partial charge in [0.05, 0.1) is 0 Å². The molecule has 0 spiro atoms. The van der Waals surface area contributed by atoms with E-state index in [0.29, 0.717) is 5.69 Å². The normalized spacial score (nSPS) is 8.67. The van der Waals surface area contributed by atoms with Gasteiger partial charge in [-0.1, -0.05) is 39.0 Å². The van der Waals surface area contributed by atoms with Crippen LogP contribution in [0, 0.1) is 20.8 Å². The number of imidazole rings is 2. The van der Waals surface area contributed by atoms with Gasteiger partial charge in [0.15, 0.2) is 30.5 Å². The maximum absolute atomic E-state index is 10.1. The number of nitrogens with one attached hydrogen (secondary N) is 1. The maximum Gasteiger partial charge on any atom is 1.00 e. The number of carbonyl (C=O) groups excluding carboxylic acids is 3. The summed E-state index contributed by atoms with van der Waals surface area (Å²) < 4.78 is 1.96.